The number of benzene rings is 1. The molecule has 1 N–H and O–H groups in total. The van der Waals surface area contributed by atoms with Crippen LogP contribution in [-0.2, 0) is 6.42 Å². The summed E-state index contributed by atoms with van der Waals surface area (Å²) in [6.45, 7) is 2.06. The highest BCUT2D eigenvalue weighted by molar-refractivity contribution is 5.87. The average molecular weight is 216 g/mol. The van der Waals surface area contributed by atoms with Crippen molar-refractivity contribution in [1.82, 2.24) is 9.78 Å². The highest BCUT2D eigenvalue weighted by Gasteiger charge is 2.03. The molecule has 82 valence electrons. The number of aryl methyl sites for hydroxylation is 1. The summed E-state index contributed by atoms with van der Waals surface area (Å²) in [5.41, 5.74) is 2.30. The molecule has 0 atom stereocenters. The molecule has 0 aliphatic heterocycles. The van der Waals surface area contributed by atoms with Crippen molar-refractivity contribution in [2.24, 2.45) is 0 Å². The van der Waals surface area contributed by atoms with Gasteiger partial charge in [-0.05, 0) is 36.2 Å². The van der Waals surface area contributed by atoms with E-state index in [1.807, 2.05) is 12.4 Å². The number of carbonyl (C=O) groups is 1. The Bertz CT molecular complexity index is 500. The van der Waals surface area contributed by atoms with E-state index in [2.05, 4.69) is 12.0 Å². The van der Waals surface area contributed by atoms with Crippen LogP contribution in [0.3, 0.4) is 0 Å². The van der Waals surface area contributed by atoms with E-state index in [0.717, 1.165) is 17.7 Å². The Hall–Kier alpha value is -2.10. The van der Waals surface area contributed by atoms with Crippen molar-refractivity contribution in [1.29, 1.82) is 0 Å². The predicted octanol–water partition coefficient (Wildman–Crippen LogP) is 2.13. The van der Waals surface area contributed by atoms with Gasteiger partial charge in [-0.15, -0.1) is 0 Å². The van der Waals surface area contributed by atoms with Gasteiger partial charge in [-0.3, -0.25) is 0 Å². The molecule has 0 saturated carbocycles. The largest absolute Gasteiger partial charge is 0.478 e. The standard InChI is InChI=1S/C12H12N2O2/c1-2-9-7-13-14(8-9)11-5-3-10(4-6-11)12(15)16/h3-8H,2H2,1H3,(H,15,16). The second-order valence-corrected chi connectivity index (χ2v) is 3.50. The number of carboxylic acid groups (broad SMARTS) is 1. The molecule has 2 aromatic rings. The maximum Gasteiger partial charge on any atom is 0.335 e. The highest BCUT2D eigenvalue weighted by atomic mass is 16.4. The van der Waals surface area contributed by atoms with Crippen LogP contribution in [0.5, 0.6) is 0 Å². The molecule has 0 fully saturated rings. The lowest BCUT2D eigenvalue weighted by atomic mass is 10.2. The van der Waals surface area contributed by atoms with Crippen LogP contribution in [0.4, 0.5) is 0 Å². The second kappa shape index (κ2) is 4.18. The van der Waals surface area contributed by atoms with E-state index in [1.54, 1.807) is 28.9 Å². The molecule has 0 aliphatic rings. The first-order chi connectivity index (χ1) is 7.70. The van der Waals surface area contributed by atoms with Gasteiger partial charge in [0.15, 0.2) is 0 Å². The maximum absolute atomic E-state index is 10.7. The summed E-state index contributed by atoms with van der Waals surface area (Å²) in [5.74, 6) is -0.915. The zero-order valence-electron chi connectivity index (χ0n) is 8.92. The number of nitrogens with zero attached hydrogens (tertiary/aromatic N) is 2. The molecule has 1 heterocycles. The third-order valence-corrected chi connectivity index (χ3v) is 2.42. The Morgan fingerprint density at radius 3 is 2.56 bits per heavy atom. The van der Waals surface area contributed by atoms with Crippen LogP contribution < -0.4 is 0 Å². The minimum absolute atomic E-state index is 0.284. The third-order valence-electron chi connectivity index (χ3n) is 2.42. The summed E-state index contributed by atoms with van der Waals surface area (Å²) < 4.78 is 1.74. The van der Waals surface area contributed by atoms with Gasteiger partial charge < -0.3 is 5.11 Å². The maximum atomic E-state index is 10.7. The lowest BCUT2D eigenvalue weighted by molar-refractivity contribution is 0.0697. The first kappa shape index (κ1) is 10.4. The molecule has 4 nitrogen and oxygen atoms in total. The van der Waals surface area contributed by atoms with Gasteiger partial charge in [-0.25, -0.2) is 9.48 Å². The van der Waals surface area contributed by atoms with E-state index in [-0.39, 0.29) is 5.56 Å². The Balaban J connectivity index is 2.30. The van der Waals surface area contributed by atoms with Crippen LogP contribution in [0.1, 0.15) is 22.8 Å². The summed E-state index contributed by atoms with van der Waals surface area (Å²) in [6, 6.07) is 6.64. The van der Waals surface area contributed by atoms with Crippen molar-refractivity contribution in [2.75, 3.05) is 0 Å². The fraction of sp³-hybridized carbons (Fsp3) is 0.167. The van der Waals surface area contributed by atoms with Crippen LogP contribution in [0.25, 0.3) is 5.69 Å². The quantitative estimate of drug-likeness (QED) is 0.855. The Morgan fingerprint density at radius 2 is 2.06 bits per heavy atom. The summed E-state index contributed by atoms with van der Waals surface area (Å²) in [4.78, 5) is 10.7. The molecule has 4 heteroatoms. The fourth-order valence-corrected chi connectivity index (χ4v) is 1.44. The minimum Gasteiger partial charge on any atom is -0.478 e. The summed E-state index contributed by atoms with van der Waals surface area (Å²) in [7, 11) is 0. The lowest BCUT2D eigenvalue weighted by Gasteiger charge is -2.01. The Kier molecular flexibility index (Phi) is 2.72. The SMILES string of the molecule is CCc1cnn(-c2ccc(C(=O)O)cc2)c1. The first-order valence-electron chi connectivity index (χ1n) is 5.08. The smallest absolute Gasteiger partial charge is 0.335 e. The van der Waals surface area contributed by atoms with E-state index in [0.29, 0.717) is 0 Å². The van der Waals surface area contributed by atoms with E-state index in [4.69, 9.17) is 5.11 Å². The molecule has 16 heavy (non-hydrogen) atoms. The normalized spacial score (nSPS) is 10.3. The zero-order valence-corrected chi connectivity index (χ0v) is 8.92. The Labute approximate surface area is 93.1 Å². The second-order valence-electron chi connectivity index (χ2n) is 3.50. The van der Waals surface area contributed by atoms with E-state index in [9.17, 15) is 4.79 Å². The number of rotatable bonds is 3. The molecule has 0 radical (unpaired) electrons. The van der Waals surface area contributed by atoms with Crippen LogP contribution in [0, 0.1) is 0 Å². The van der Waals surface area contributed by atoms with E-state index in [1.165, 1.54) is 0 Å². The van der Waals surface area contributed by atoms with Crippen molar-refractivity contribution < 1.29 is 9.90 Å². The molecule has 0 spiro atoms. The lowest BCUT2D eigenvalue weighted by Crippen LogP contribution is -1.98. The number of hydrogen-bond donors (Lipinski definition) is 1. The molecule has 0 saturated heterocycles. The third kappa shape index (κ3) is 1.95. The monoisotopic (exact) mass is 216 g/mol. The molecular formula is C12H12N2O2. The fourth-order valence-electron chi connectivity index (χ4n) is 1.44. The van der Waals surface area contributed by atoms with Gasteiger partial charge in [0.05, 0.1) is 17.4 Å². The number of hydrogen-bond acceptors (Lipinski definition) is 2. The van der Waals surface area contributed by atoms with Crippen molar-refractivity contribution in [3.05, 3.63) is 47.8 Å². The van der Waals surface area contributed by atoms with Gasteiger partial charge in [0, 0.05) is 6.20 Å². The van der Waals surface area contributed by atoms with E-state index < -0.39 is 5.97 Å². The number of carboxylic acids is 1. The molecule has 1 aromatic heterocycles. The molecule has 1 aromatic carbocycles. The van der Waals surface area contributed by atoms with Crippen molar-refractivity contribution in [3.8, 4) is 5.69 Å². The van der Waals surface area contributed by atoms with Gasteiger partial charge in [0.25, 0.3) is 0 Å². The van der Waals surface area contributed by atoms with Crippen molar-refractivity contribution in [3.63, 3.8) is 0 Å². The topological polar surface area (TPSA) is 55.1 Å². The molecule has 0 aliphatic carbocycles. The Morgan fingerprint density at radius 1 is 1.38 bits per heavy atom. The molecular weight excluding hydrogens is 204 g/mol. The number of aromatic nitrogens is 2. The summed E-state index contributed by atoms with van der Waals surface area (Å²) in [6.07, 6.45) is 4.69. The van der Waals surface area contributed by atoms with Crippen LogP contribution >= 0.6 is 0 Å². The van der Waals surface area contributed by atoms with Gasteiger partial charge in [-0.2, -0.15) is 5.10 Å². The van der Waals surface area contributed by atoms with Crippen LogP contribution in [-0.4, -0.2) is 20.9 Å². The van der Waals surface area contributed by atoms with Gasteiger partial charge in [-0.1, -0.05) is 6.92 Å². The van der Waals surface area contributed by atoms with Gasteiger partial charge in [0.2, 0.25) is 0 Å². The van der Waals surface area contributed by atoms with Gasteiger partial charge >= 0.3 is 5.97 Å². The molecule has 2 rings (SSSR count). The van der Waals surface area contributed by atoms with Crippen molar-refractivity contribution in [2.45, 2.75) is 13.3 Å². The summed E-state index contributed by atoms with van der Waals surface area (Å²) in [5, 5.41) is 13.0. The molecule has 0 unspecified atom stereocenters. The summed E-state index contributed by atoms with van der Waals surface area (Å²) >= 11 is 0. The number of aromatic carboxylic acids is 1. The predicted molar refractivity (Wildman–Crippen MR) is 59.9 cm³/mol. The first-order valence-corrected chi connectivity index (χ1v) is 5.08. The van der Waals surface area contributed by atoms with Crippen molar-refractivity contribution >= 4 is 5.97 Å². The van der Waals surface area contributed by atoms with Crippen LogP contribution in [0.2, 0.25) is 0 Å². The van der Waals surface area contributed by atoms with E-state index >= 15 is 0 Å². The average Bonchev–Trinajstić information content (AvgIpc) is 2.77. The zero-order chi connectivity index (χ0) is 11.5. The van der Waals surface area contributed by atoms with Crippen LogP contribution in [0.15, 0.2) is 36.7 Å². The highest BCUT2D eigenvalue weighted by Crippen LogP contribution is 2.10. The molecule has 0 amide bonds. The van der Waals surface area contributed by atoms with Gasteiger partial charge in [0.1, 0.15) is 0 Å². The minimum atomic E-state index is -0.915. The molecule has 0 bridgehead atoms.